The van der Waals surface area contributed by atoms with E-state index in [0.717, 1.165) is 5.56 Å². The number of aliphatic carboxylic acids is 1. The number of rotatable bonds is 4. The molecule has 1 aromatic rings. The van der Waals surface area contributed by atoms with E-state index in [-0.39, 0.29) is 6.42 Å². The summed E-state index contributed by atoms with van der Waals surface area (Å²) >= 11 is 0. The van der Waals surface area contributed by atoms with E-state index in [9.17, 15) is 4.79 Å². The quantitative estimate of drug-likeness (QED) is 0.831. The van der Waals surface area contributed by atoms with Crippen molar-refractivity contribution in [3.63, 3.8) is 0 Å². The molecule has 1 aromatic heterocycles. The van der Waals surface area contributed by atoms with Crippen LogP contribution in [0.2, 0.25) is 0 Å². The lowest BCUT2D eigenvalue weighted by atomic mass is 10.1. The molecular weight excluding hydrogens is 220 g/mol. The highest BCUT2D eigenvalue weighted by atomic mass is 16.4. The molecule has 0 unspecified atom stereocenters. The molecule has 0 fully saturated rings. The average molecular weight is 234 g/mol. The normalized spacial score (nSPS) is 9.76. The summed E-state index contributed by atoms with van der Waals surface area (Å²) in [6.07, 6.45) is -0.00400. The third-order valence-corrected chi connectivity index (χ3v) is 2.57. The van der Waals surface area contributed by atoms with Crippen LogP contribution in [-0.4, -0.2) is 34.9 Å². The molecule has 0 aliphatic carbocycles. The summed E-state index contributed by atoms with van der Waals surface area (Å²) in [4.78, 5) is 12.1. The second-order valence-corrected chi connectivity index (χ2v) is 3.79. The van der Waals surface area contributed by atoms with E-state index in [4.69, 9.17) is 10.4 Å². The van der Waals surface area contributed by atoms with E-state index >= 15 is 0 Å². The Labute approximate surface area is 99.5 Å². The van der Waals surface area contributed by atoms with E-state index in [1.54, 1.807) is 25.8 Å². The molecule has 0 bridgehead atoms. The van der Waals surface area contributed by atoms with Gasteiger partial charge in [0, 0.05) is 13.6 Å². The molecule has 1 rings (SSSR count). The zero-order valence-corrected chi connectivity index (χ0v) is 10.1. The third-order valence-electron chi connectivity index (χ3n) is 2.57. The summed E-state index contributed by atoms with van der Waals surface area (Å²) in [5.74, 6) is -0.455. The molecule has 0 radical (unpaired) electrons. The summed E-state index contributed by atoms with van der Waals surface area (Å²) in [6.45, 7) is 3.88. The number of nitrogens with zero attached hydrogens (tertiary/aromatic N) is 4. The first-order chi connectivity index (χ1) is 7.97. The molecule has 1 heterocycles. The van der Waals surface area contributed by atoms with Gasteiger partial charge in [0.25, 0.3) is 0 Å². The molecule has 90 valence electrons. The van der Waals surface area contributed by atoms with Gasteiger partial charge in [-0.2, -0.15) is 10.4 Å². The van der Waals surface area contributed by atoms with Crippen LogP contribution < -0.4 is 4.90 Å². The van der Waals surface area contributed by atoms with Crippen molar-refractivity contribution >= 4 is 11.8 Å². The predicted molar refractivity (Wildman–Crippen MR) is 61.7 cm³/mol. The third kappa shape index (κ3) is 2.91. The monoisotopic (exact) mass is 234 g/mol. The molecule has 1 N–H and O–H groups in total. The van der Waals surface area contributed by atoms with Crippen molar-refractivity contribution < 1.29 is 9.90 Å². The minimum atomic E-state index is -0.882. The van der Waals surface area contributed by atoms with Gasteiger partial charge in [-0.1, -0.05) is 0 Å². The maximum atomic E-state index is 10.5. The van der Waals surface area contributed by atoms with Crippen LogP contribution in [0.5, 0.6) is 0 Å². The van der Waals surface area contributed by atoms with Crippen LogP contribution in [-0.2, 0) is 4.79 Å². The van der Waals surface area contributed by atoms with Crippen molar-refractivity contribution in [2.24, 2.45) is 0 Å². The highest BCUT2D eigenvalue weighted by molar-refractivity contribution is 5.68. The number of anilines is 1. The number of carbonyl (C=O) groups is 1. The van der Waals surface area contributed by atoms with Gasteiger partial charge in [0.15, 0.2) is 5.82 Å². The Morgan fingerprint density at radius 2 is 2.12 bits per heavy atom. The van der Waals surface area contributed by atoms with E-state index in [1.165, 1.54) is 0 Å². The molecule has 0 saturated carbocycles. The topological polar surface area (TPSA) is 90.1 Å². The summed E-state index contributed by atoms with van der Waals surface area (Å²) in [5.41, 5.74) is 1.93. The number of hydrogen-bond donors (Lipinski definition) is 1. The van der Waals surface area contributed by atoms with E-state index in [0.29, 0.717) is 23.6 Å². The number of nitriles is 1. The van der Waals surface area contributed by atoms with Gasteiger partial charge in [0.2, 0.25) is 0 Å². The van der Waals surface area contributed by atoms with Crippen LogP contribution in [0, 0.1) is 25.2 Å². The van der Waals surface area contributed by atoms with Crippen LogP contribution in [0.25, 0.3) is 0 Å². The average Bonchev–Trinajstić information content (AvgIpc) is 2.29. The van der Waals surface area contributed by atoms with Gasteiger partial charge in [0.1, 0.15) is 11.6 Å². The Morgan fingerprint density at radius 3 is 2.65 bits per heavy atom. The Kier molecular flexibility index (Phi) is 3.99. The van der Waals surface area contributed by atoms with E-state index < -0.39 is 5.97 Å². The Balaban J connectivity index is 3.02. The number of carboxylic acids is 1. The largest absolute Gasteiger partial charge is 0.481 e. The standard InChI is InChI=1S/C11H14N4O2/c1-7-8(2)13-14-11(9(7)6-12)15(3)5-4-10(16)17/h4-5H2,1-3H3,(H,16,17). The molecule has 0 aliphatic rings. The van der Waals surface area contributed by atoms with Gasteiger partial charge in [-0.25, -0.2) is 0 Å². The SMILES string of the molecule is Cc1nnc(N(C)CCC(=O)O)c(C#N)c1C. The molecule has 0 aliphatic heterocycles. The zero-order chi connectivity index (χ0) is 13.0. The molecule has 17 heavy (non-hydrogen) atoms. The first-order valence-corrected chi connectivity index (χ1v) is 5.14. The van der Waals surface area contributed by atoms with Crippen LogP contribution in [0.3, 0.4) is 0 Å². The molecule has 0 amide bonds. The number of aromatic nitrogens is 2. The highest BCUT2D eigenvalue weighted by Gasteiger charge is 2.14. The van der Waals surface area contributed by atoms with Crippen molar-refractivity contribution in [3.8, 4) is 6.07 Å². The second kappa shape index (κ2) is 5.25. The first-order valence-electron chi connectivity index (χ1n) is 5.14. The summed E-state index contributed by atoms with van der Waals surface area (Å²) in [6, 6.07) is 2.08. The molecule has 0 atom stereocenters. The van der Waals surface area contributed by atoms with Gasteiger partial charge in [-0.15, -0.1) is 5.10 Å². The number of hydrogen-bond acceptors (Lipinski definition) is 5. The minimum absolute atomic E-state index is 0.00400. The molecule has 0 spiro atoms. The van der Waals surface area contributed by atoms with Gasteiger partial charge in [-0.05, 0) is 19.4 Å². The Hall–Kier alpha value is -2.16. The summed E-state index contributed by atoms with van der Waals surface area (Å²) < 4.78 is 0. The van der Waals surface area contributed by atoms with Gasteiger partial charge < -0.3 is 10.0 Å². The molecule has 6 heteroatoms. The molecule has 6 nitrogen and oxygen atoms in total. The molecule has 0 aromatic carbocycles. The second-order valence-electron chi connectivity index (χ2n) is 3.79. The van der Waals surface area contributed by atoms with E-state index in [2.05, 4.69) is 16.3 Å². The fraction of sp³-hybridized carbons (Fsp3) is 0.455. The Morgan fingerprint density at radius 1 is 1.47 bits per heavy atom. The lowest BCUT2D eigenvalue weighted by molar-refractivity contribution is -0.136. The van der Waals surface area contributed by atoms with Crippen LogP contribution >= 0.6 is 0 Å². The smallest absolute Gasteiger partial charge is 0.305 e. The highest BCUT2D eigenvalue weighted by Crippen LogP contribution is 2.20. The van der Waals surface area contributed by atoms with Crippen LogP contribution in [0.15, 0.2) is 0 Å². The van der Waals surface area contributed by atoms with Crippen LogP contribution in [0.1, 0.15) is 23.2 Å². The lowest BCUT2D eigenvalue weighted by Gasteiger charge is -2.18. The maximum Gasteiger partial charge on any atom is 0.305 e. The summed E-state index contributed by atoms with van der Waals surface area (Å²) in [5, 5.41) is 25.6. The molecular formula is C11H14N4O2. The van der Waals surface area contributed by atoms with E-state index in [1.807, 2.05) is 0 Å². The minimum Gasteiger partial charge on any atom is -0.481 e. The van der Waals surface area contributed by atoms with Gasteiger partial charge >= 0.3 is 5.97 Å². The van der Waals surface area contributed by atoms with Crippen molar-refractivity contribution in [1.82, 2.24) is 10.2 Å². The van der Waals surface area contributed by atoms with Crippen molar-refractivity contribution in [3.05, 3.63) is 16.8 Å². The van der Waals surface area contributed by atoms with Gasteiger partial charge in [-0.3, -0.25) is 4.79 Å². The van der Waals surface area contributed by atoms with Crippen molar-refractivity contribution in [2.45, 2.75) is 20.3 Å². The number of aryl methyl sites for hydroxylation is 1. The summed E-state index contributed by atoms with van der Waals surface area (Å²) in [7, 11) is 1.70. The van der Waals surface area contributed by atoms with Gasteiger partial charge in [0.05, 0.1) is 12.1 Å². The fourth-order valence-electron chi connectivity index (χ4n) is 1.37. The Bertz CT molecular complexity index is 479. The fourth-order valence-corrected chi connectivity index (χ4v) is 1.37. The first kappa shape index (κ1) is 12.9. The number of carboxylic acid groups (broad SMARTS) is 1. The maximum absolute atomic E-state index is 10.5. The predicted octanol–water partition coefficient (Wildman–Crippen LogP) is 0.876. The molecule has 0 saturated heterocycles. The zero-order valence-electron chi connectivity index (χ0n) is 10.1. The van der Waals surface area contributed by atoms with Crippen LogP contribution in [0.4, 0.5) is 5.82 Å². The van der Waals surface area contributed by atoms with Crippen molar-refractivity contribution in [2.75, 3.05) is 18.5 Å². The lowest BCUT2D eigenvalue weighted by Crippen LogP contribution is -2.24. The van der Waals surface area contributed by atoms with Crippen molar-refractivity contribution in [1.29, 1.82) is 5.26 Å².